The first-order valence-corrected chi connectivity index (χ1v) is 10.2. The minimum Gasteiger partial charge on any atom is -0.356 e. The van der Waals surface area contributed by atoms with Gasteiger partial charge < -0.3 is 14.7 Å². The third-order valence-electron chi connectivity index (χ3n) is 5.53. The summed E-state index contributed by atoms with van der Waals surface area (Å²) in [7, 11) is 0. The molecule has 0 N–H and O–H groups in total. The van der Waals surface area contributed by atoms with E-state index in [2.05, 4.69) is 30.7 Å². The standard InChI is InChI=1S/C18H24N6S/c1-2-7-22(6-1)16-12-17(20-13-19-16)23-8-10-24(11-9-23)18-21-14-4-3-5-15(14)25-18/h12-13H,1-11H2. The van der Waals surface area contributed by atoms with Crippen LogP contribution < -0.4 is 14.7 Å². The van der Waals surface area contributed by atoms with E-state index in [1.165, 1.54) is 47.8 Å². The van der Waals surface area contributed by atoms with Crippen molar-refractivity contribution in [3.05, 3.63) is 23.0 Å². The van der Waals surface area contributed by atoms with Gasteiger partial charge in [0.05, 0.1) is 5.69 Å². The Morgan fingerprint density at radius 2 is 1.44 bits per heavy atom. The minimum atomic E-state index is 1.00. The Balaban J connectivity index is 1.26. The largest absolute Gasteiger partial charge is 0.356 e. The van der Waals surface area contributed by atoms with Crippen molar-refractivity contribution in [2.45, 2.75) is 32.1 Å². The Labute approximate surface area is 152 Å². The van der Waals surface area contributed by atoms with Gasteiger partial charge in [-0.2, -0.15) is 0 Å². The maximum absolute atomic E-state index is 4.87. The molecular formula is C18H24N6S. The second kappa shape index (κ2) is 6.44. The molecule has 4 heterocycles. The van der Waals surface area contributed by atoms with Gasteiger partial charge in [-0.15, -0.1) is 11.3 Å². The van der Waals surface area contributed by atoms with Crippen LogP contribution in [-0.4, -0.2) is 54.2 Å². The van der Waals surface area contributed by atoms with Crippen LogP contribution in [0.1, 0.15) is 29.8 Å². The Morgan fingerprint density at radius 1 is 0.760 bits per heavy atom. The maximum Gasteiger partial charge on any atom is 0.185 e. The van der Waals surface area contributed by atoms with Crippen molar-refractivity contribution in [1.82, 2.24) is 15.0 Å². The number of hydrogen-bond acceptors (Lipinski definition) is 7. The summed E-state index contributed by atoms with van der Waals surface area (Å²) >= 11 is 1.91. The highest BCUT2D eigenvalue weighted by Crippen LogP contribution is 2.33. The molecule has 2 saturated heterocycles. The van der Waals surface area contributed by atoms with Gasteiger partial charge >= 0.3 is 0 Å². The van der Waals surface area contributed by atoms with E-state index >= 15 is 0 Å². The number of rotatable bonds is 3. The van der Waals surface area contributed by atoms with E-state index < -0.39 is 0 Å². The highest BCUT2D eigenvalue weighted by atomic mass is 32.1. The molecule has 0 amide bonds. The van der Waals surface area contributed by atoms with Gasteiger partial charge in [0.15, 0.2) is 5.13 Å². The number of anilines is 3. The van der Waals surface area contributed by atoms with Gasteiger partial charge in [0.1, 0.15) is 18.0 Å². The van der Waals surface area contributed by atoms with E-state index in [0.29, 0.717) is 0 Å². The summed E-state index contributed by atoms with van der Waals surface area (Å²) in [5.41, 5.74) is 1.36. The molecule has 5 rings (SSSR count). The van der Waals surface area contributed by atoms with Crippen molar-refractivity contribution in [1.29, 1.82) is 0 Å². The fraction of sp³-hybridized carbons (Fsp3) is 0.611. The summed E-state index contributed by atoms with van der Waals surface area (Å²) in [4.78, 5) is 22.6. The minimum absolute atomic E-state index is 1.00. The third-order valence-corrected chi connectivity index (χ3v) is 6.75. The number of piperazine rings is 1. The monoisotopic (exact) mass is 356 g/mol. The zero-order valence-corrected chi connectivity index (χ0v) is 15.3. The fourth-order valence-corrected chi connectivity index (χ4v) is 5.27. The van der Waals surface area contributed by atoms with Gasteiger partial charge in [0.2, 0.25) is 0 Å². The topological polar surface area (TPSA) is 48.4 Å². The number of aryl methyl sites for hydroxylation is 2. The average molecular weight is 356 g/mol. The lowest BCUT2D eigenvalue weighted by atomic mass is 10.3. The maximum atomic E-state index is 4.87. The first-order chi connectivity index (χ1) is 12.4. The van der Waals surface area contributed by atoms with Crippen LogP contribution in [0.25, 0.3) is 0 Å². The molecule has 2 fully saturated rings. The first kappa shape index (κ1) is 15.4. The molecule has 0 atom stereocenters. The number of fused-ring (bicyclic) bond motifs is 1. The lowest BCUT2D eigenvalue weighted by molar-refractivity contribution is 0.644. The van der Waals surface area contributed by atoms with Crippen molar-refractivity contribution in [3.8, 4) is 0 Å². The van der Waals surface area contributed by atoms with Crippen molar-refractivity contribution in [2.24, 2.45) is 0 Å². The number of aromatic nitrogens is 3. The Kier molecular flexibility index (Phi) is 3.96. The Bertz CT molecular complexity index is 724. The number of thiazole rings is 1. The van der Waals surface area contributed by atoms with Gasteiger partial charge in [-0.25, -0.2) is 15.0 Å². The van der Waals surface area contributed by atoms with Crippen LogP contribution in [-0.2, 0) is 12.8 Å². The molecule has 0 unspecified atom stereocenters. The predicted octanol–water partition coefficient (Wildman–Crippen LogP) is 2.35. The molecule has 7 heteroatoms. The van der Waals surface area contributed by atoms with E-state index in [1.54, 1.807) is 6.33 Å². The van der Waals surface area contributed by atoms with Crippen LogP contribution in [0.15, 0.2) is 12.4 Å². The smallest absolute Gasteiger partial charge is 0.185 e. The van der Waals surface area contributed by atoms with E-state index in [4.69, 9.17) is 4.98 Å². The SMILES string of the molecule is c1nc(N2CCCC2)cc(N2CCN(c3nc4c(s3)CCC4)CC2)n1. The Morgan fingerprint density at radius 3 is 2.16 bits per heavy atom. The zero-order valence-electron chi connectivity index (χ0n) is 14.5. The highest BCUT2D eigenvalue weighted by Gasteiger charge is 2.24. The molecule has 2 aromatic heterocycles. The predicted molar refractivity (Wildman–Crippen MR) is 102 cm³/mol. The lowest BCUT2D eigenvalue weighted by Gasteiger charge is -2.35. The van der Waals surface area contributed by atoms with Crippen LogP contribution in [0.5, 0.6) is 0 Å². The fourth-order valence-electron chi connectivity index (χ4n) is 4.07. The molecule has 0 radical (unpaired) electrons. The molecule has 132 valence electrons. The number of nitrogens with zero attached hydrogens (tertiary/aromatic N) is 6. The van der Waals surface area contributed by atoms with Crippen molar-refractivity contribution < 1.29 is 0 Å². The normalized spacial score (nSPS) is 20.4. The lowest BCUT2D eigenvalue weighted by Crippen LogP contribution is -2.46. The summed E-state index contributed by atoms with van der Waals surface area (Å²) < 4.78 is 0. The first-order valence-electron chi connectivity index (χ1n) is 9.42. The zero-order chi connectivity index (χ0) is 16.6. The molecular weight excluding hydrogens is 332 g/mol. The van der Waals surface area contributed by atoms with Crippen molar-refractivity contribution in [3.63, 3.8) is 0 Å². The molecule has 1 aliphatic carbocycles. The van der Waals surface area contributed by atoms with Gasteiger partial charge in [0.25, 0.3) is 0 Å². The van der Waals surface area contributed by atoms with Gasteiger partial charge in [-0.05, 0) is 32.1 Å². The number of hydrogen-bond donors (Lipinski definition) is 0. The van der Waals surface area contributed by atoms with E-state index in [9.17, 15) is 0 Å². The highest BCUT2D eigenvalue weighted by molar-refractivity contribution is 7.15. The van der Waals surface area contributed by atoms with Crippen molar-refractivity contribution in [2.75, 3.05) is 54.0 Å². The van der Waals surface area contributed by atoms with Crippen LogP contribution in [0, 0.1) is 0 Å². The summed E-state index contributed by atoms with van der Waals surface area (Å²) in [6, 6.07) is 2.17. The summed E-state index contributed by atoms with van der Waals surface area (Å²) in [6.07, 6.45) is 7.96. The second-order valence-electron chi connectivity index (χ2n) is 7.12. The molecule has 6 nitrogen and oxygen atoms in total. The summed E-state index contributed by atoms with van der Waals surface area (Å²) in [6.45, 7) is 6.30. The molecule has 0 spiro atoms. The van der Waals surface area contributed by atoms with E-state index in [1.807, 2.05) is 11.3 Å². The summed E-state index contributed by atoms with van der Waals surface area (Å²) in [5, 5.41) is 1.23. The van der Waals surface area contributed by atoms with Crippen molar-refractivity contribution >= 4 is 28.1 Å². The van der Waals surface area contributed by atoms with Gasteiger partial charge in [0, 0.05) is 50.2 Å². The average Bonchev–Trinajstić information content (AvgIpc) is 3.39. The Hall–Kier alpha value is -1.89. The van der Waals surface area contributed by atoms with Crippen LogP contribution >= 0.6 is 11.3 Å². The molecule has 2 aliphatic heterocycles. The quantitative estimate of drug-likeness (QED) is 0.841. The molecule has 3 aliphatic rings. The third kappa shape index (κ3) is 2.94. The van der Waals surface area contributed by atoms with E-state index in [-0.39, 0.29) is 0 Å². The molecule has 0 bridgehead atoms. The van der Waals surface area contributed by atoms with Gasteiger partial charge in [-0.3, -0.25) is 0 Å². The van der Waals surface area contributed by atoms with Gasteiger partial charge in [-0.1, -0.05) is 0 Å². The molecule has 0 aromatic carbocycles. The summed E-state index contributed by atoms with van der Waals surface area (Å²) in [5.74, 6) is 2.15. The van der Waals surface area contributed by atoms with E-state index in [0.717, 1.165) is 50.9 Å². The molecule has 0 saturated carbocycles. The molecule has 2 aromatic rings. The van der Waals surface area contributed by atoms with Crippen LogP contribution in [0.3, 0.4) is 0 Å². The van der Waals surface area contributed by atoms with Crippen LogP contribution in [0.2, 0.25) is 0 Å². The van der Waals surface area contributed by atoms with Crippen LogP contribution in [0.4, 0.5) is 16.8 Å². The molecule has 25 heavy (non-hydrogen) atoms. The second-order valence-corrected chi connectivity index (χ2v) is 8.18.